The van der Waals surface area contributed by atoms with E-state index in [0.29, 0.717) is 0 Å². The van der Waals surface area contributed by atoms with Crippen molar-refractivity contribution in [3.8, 4) is 0 Å². The molecule has 2 heteroatoms. The van der Waals surface area contributed by atoms with Crippen molar-refractivity contribution in [3.05, 3.63) is 12.2 Å². The minimum Gasteiger partial charge on any atom is -0.371 e. The summed E-state index contributed by atoms with van der Waals surface area (Å²) in [7, 11) is 2.11. The predicted molar refractivity (Wildman–Crippen MR) is 42.1 cm³/mol. The average molecular weight is 141 g/mol. The highest BCUT2D eigenvalue weighted by molar-refractivity contribution is 5.00. The molecule has 0 spiro atoms. The Hall–Kier alpha value is -0.340. The Balaban J connectivity index is 2.39. The highest BCUT2D eigenvalue weighted by Gasteiger charge is 2.17. The van der Waals surface area contributed by atoms with E-state index in [1.807, 2.05) is 6.92 Å². The average Bonchev–Trinajstić information content (AvgIpc) is 1.88. The summed E-state index contributed by atoms with van der Waals surface area (Å²) in [5.74, 6) is 0. The van der Waals surface area contributed by atoms with E-state index in [9.17, 15) is 0 Å². The lowest BCUT2D eigenvalue weighted by Gasteiger charge is -2.30. The van der Waals surface area contributed by atoms with Crippen LogP contribution in [0.2, 0.25) is 0 Å². The van der Waals surface area contributed by atoms with Gasteiger partial charge in [-0.25, -0.2) is 0 Å². The first-order valence-electron chi connectivity index (χ1n) is 3.65. The molecule has 1 fully saturated rings. The summed E-state index contributed by atoms with van der Waals surface area (Å²) in [5, 5.41) is 0. The maximum atomic E-state index is 5.47. The third-order valence-electron chi connectivity index (χ3n) is 1.82. The van der Waals surface area contributed by atoms with Crippen LogP contribution in [0.1, 0.15) is 6.92 Å². The fourth-order valence-electron chi connectivity index (χ4n) is 1.08. The lowest BCUT2D eigenvalue weighted by Crippen LogP contribution is -2.40. The predicted octanol–water partition coefficient (Wildman–Crippen LogP) is 0.893. The highest BCUT2D eigenvalue weighted by atomic mass is 16.5. The standard InChI is InChI=1S/C8H15NO/c1-7(2)8-6-9(3)4-5-10-8/h8H,1,4-6H2,2-3H3. The number of morpholine rings is 1. The summed E-state index contributed by atoms with van der Waals surface area (Å²) in [5.41, 5.74) is 1.13. The highest BCUT2D eigenvalue weighted by Crippen LogP contribution is 2.09. The molecule has 0 bridgehead atoms. The summed E-state index contributed by atoms with van der Waals surface area (Å²) < 4.78 is 5.47. The first-order chi connectivity index (χ1) is 4.70. The van der Waals surface area contributed by atoms with Crippen LogP contribution in [0.3, 0.4) is 0 Å². The number of nitrogens with zero attached hydrogens (tertiary/aromatic N) is 1. The molecule has 10 heavy (non-hydrogen) atoms. The van der Waals surface area contributed by atoms with Crippen molar-refractivity contribution >= 4 is 0 Å². The zero-order valence-corrected chi connectivity index (χ0v) is 6.76. The normalized spacial score (nSPS) is 28.4. The minimum absolute atomic E-state index is 0.263. The molecule has 0 radical (unpaired) electrons. The lowest BCUT2D eigenvalue weighted by atomic mass is 10.1. The molecule has 1 unspecified atom stereocenters. The van der Waals surface area contributed by atoms with Crippen molar-refractivity contribution in [3.63, 3.8) is 0 Å². The maximum absolute atomic E-state index is 5.47. The molecule has 0 amide bonds. The summed E-state index contributed by atoms with van der Waals surface area (Å²) in [4.78, 5) is 2.27. The van der Waals surface area contributed by atoms with Gasteiger partial charge in [-0.15, -0.1) is 0 Å². The Bertz CT molecular complexity index is 133. The van der Waals surface area contributed by atoms with Crippen molar-refractivity contribution < 1.29 is 4.74 Å². The Labute approximate surface area is 62.5 Å². The summed E-state index contributed by atoms with van der Waals surface area (Å²) in [6, 6.07) is 0. The van der Waals surface area contributed by atoms with Crippen LogP contribution in [0, 0.1) is 0 Å². The summed E-state index contributed by atoms with van der Waals surface area (Å²) in [6.07, 6.45) is 0.263. The minimum atomic E-state index is 0.263. The molecule has 1 saturated heterocycles. The zero-order chi connectivity index (χ0) is 7.56. The van der Waals surface area contributed by atoms with Gasteiger partial charge >= 0.3 is 0 Å². The third-order valence-corrected chi connectivity index (χ3v) is 1.82. The van der Waals surface area contributed by atoms with Gasteiger partial charge in [-0.05, 0) is 14.0 Å². The number of rotatable bonds is 1. The number of likely N-dealkylation sites (N-methyl/N-ethyl adjacent to an activating group) is 1. The largest absolute Gasteiger partial charge is 0.371 e. The van der Waals surface area contributed by atoms with Crippen LogP contribution in [-0.4, -0.2) is 37.7 Å². The first kappa shape index (κ1) is 7.76. The van der Waals surface area contributed by atoms with Gasteiger partial charge in [0.1, 0.15) is 0 Å². The molecule has 0 aliphatic carbocycles. The van der Waals surface area contributed by atoms with Gasteiger partial charge in [-0.3, -0.25) is 0 Å². The van der Waals surface area contributed by atoms with Crippen molar-refractivity contribution in [1.82, 2.24) is 4.90 Å². The molecule has 1 aliphatic rings. The van der Waals surface area contributed by atoms with E-state index in [1.54, 1.807) is 0 Å². The molecular weight excluding hydrogens is 126 g/mol. The molecule has 1 atom stereocenters. The third kappa shape index (κ3) is 1.82. The van der Waals surface area contributed by atoms with E-state index in [-0.39, 0.29) is 6.10 Å². The van der Waals surface area contributed by atoms with E-state index < -0.39 is 0 Å². The molecule has 1 heterocycles. The Morgan fingerprint density at radius 2 is 2.40 bits per heavy atom. The second-order valence-electron chi connectivity index (χ2n) is 2.97. The molecular formula is C8H15NO. The van der Waals surface area contributed by atoms with Gasteiger partial charge in [0.15, 0.2) is 0 Å². The Kier molecular flexibility index (Phi) is 2.46. The Morgan fingerprint density at radius 3 is 2.80 bits per heavy atom. The van der Waals surface area contributed by atoms with E-state index in [4.69, 9.17) is 4.74 Å². The SMILES string of the molecule is C=C(C)C1CN(C)CCO1. The van der Waals surface area contributed by atoms with E-state index in [1.165, 1.54) is 0 Å². The van der Waals surface area contributed by atoms with Crippen LogP contribution in [0.25, 0.3) is 0 Å². The van der Waals surface area contributed by atoms with Crippen molar-refractivity contribution in [2.75, 3.05) is 26.7 Å². The van der Waals surface area contributed by atoms with Crippen LogP contribution >= 0.6 is 0 Å². The second-order valence-corrected chi connectivity index (χ2v) is 2.97. The second kappa shape index (κ2) is 3.17. The fourth-order valence-corrected chi connectivity index (χ4v) is 1.08. The molecule has 0 N–H and O–H groups in total. The molecule has 0 aromatic heterocycles. The van der Waals surface area contributed by atoms with Crippen LogP contribution in [0.15, 0.2) is 12.2 Å². The molecule has 0 aromatic carbocycles. The number of hydrogen-bond donors (Lipinski definition) is 0. The van der Waals surface area contributed by atoms with Gasteiger partial charge in [0.05, 0.1) is 12.7 Å². The van der Waals surface area contributed by atoms with Gasteiger partial charge in [0.2, 0.25) is 0 Å². The Morgan fingerprint density at radius 1 is 1.70 bits per heavy atom. The summed E-state index contributed by atoms with van der Waals surface area (Å²) in [6.45, 7) is 8.76. The van der Waals surface area contributed by atoms with Gasteiger partial charge < -0.3 is 9.64 Å². The monoisotopic (exact) mass is 141 g/mol. The maximum Gasteiger partial charge on any atom is 0.0907 e. The van der Waals surface area contributed by atoms with Crippen LogP contribution < -0.4 is 0 Å². The molecule has 2 nitrogen and oxygen atoms in total. The van der Waals surface area contributed by atoms with Gasteiger partial charge in [-0.2, -0.15) is 0 Å². The van der Waals surface area contributed by atoms with Crippen molar-refractivity contribution in [2.45, 2.75) is 13.0 Å². The molecule has 0 aromatic rings. The molecule has 58 valence electrons. The van der Waals surface area contributed by atoms with E-state index >= 15 is 0 Å². The van der Waals surface area contributed by atoms with Gasteiger partial charge in [0.25, 0.3) is 0 Å². The van der Waals surface area contributed by atoms with Crippen molar-refractivity contribution in [2.24, 2.45) is 0 Å². The lowest BCUT2D eigenvalue weighted by molar-refractivity contribution is 0.00111. The van der Waals surface area contributed by atoms with Crippen LogP contribution in [0.5, 0.6) is 0 Å². The molecule has 1 rings (SSSR count). The first-order valence-corrected chi connectivity index (χ1v) is 3.65. The van der Waals surface area contributed by atoms with Crippen LogP contribution in [0.4, 0.5) is 0 Å². The van der Waals surface area contributed by atoms with Crippen LogP contribution in [-0.2, 0) is 4.74 Å². The number of ether oxygens (including phenoxy) is 1. The van der Waals surface area contributed by atoms with E-state index in [2.05, 4.69) is 18.5 Å². The summed E-state index contributed by atoms with van der Waals surface area (Å²) >= 11 is 0. The quantitative estimate of drug-likeness (QED) is 0.503. The molecule has 0 saturated carbocycles. The fraction of sp³-hybridized carbons (Fsp3) is 0.750. The van der Waals surface area contributed by atoms with Gasteiger partial charge in [0, 0.05) is 13.1 Å². The van der Waals surface area contributed by atoms with Gasteiger partial charge in [-0.1, -0.05) is 12.2 Å². The smallest absolute Gasteiger partial charge is 0.0907 e. The van der Waals surface area contributed by atoms with Crippen molar-refractivity contribution in [1.29, 1.82) is 0 Å². The number of hydrogen-bond acceptors (Lipinski definition) is 2. The molecule has 1 aliphatic heterocycles. The topological polar surface area (TPSA) is 12.5 Å². The zero-order valence-electron chi connectivity index (χ0n) is 6.76. The van der Waals surface area contributed by atoms with E-state index in [0.717, 1.165) is 25.3 Å².